The Balaban J connectivity index is 1.74. The molecule has 0 bridgehead atoms. The molecular formula is C9H16N2. The summed E-state index contributed by atoms with van der Waals surface area (Å²) in [4.78, 5) is 0. The highest BCUT2D eigenvalue weighted by molar-refractivity contribution is 5.22. The minimum atomic E-state index is 0.846. The zero-order valence-corrected chi connectivity index (χ0v) is 7.11. The quantitative estimate of drug-likeness (QED) is 0.580. The number of rotatable bonds is 3. The first-order valence-corrected chi connectivity index (χ1v) is 4.48. The molecule has 0 amide bonds. The Morgan fingerprint density at radius 3 is 2.73 bits per heavy atom. The van der Waals surface area contributed by atoms with Crippen LogP contribution in [0.25, 0.3) is 0 Å². The third-order valence-electron chi connectivity index (χ3n) is 2.51. The number of hydrogen-bond donors (Lipinski definition) is 2. The molecule has 2 heteroatoms. The molecule has 0 spiro atoms. The molecule has 0 unspecified atom stereocenters. The van der Waals surface area contributed by atoms with Crippen LogP contribution in [0.3, 0.4) is 0 Å². The van der Waals surface area contributed by atoms with E-state index in [0.717, 1.165) is 25.7 Å². The van der Waals surface area contributed by atoms with E-state index in [-0.39, 0.29) is 0 Å². The molecule has 1 saturated heterocycles. The molecule has 1 aliphatic carbocycles. The van der Waals surface area contributed by atoms with Crippen LogP contribution in [0.1, 0.15) is 19.8 Å². The van der Waals surface area contributed by atoms with Crippen molar-refractivity contribution in [2.45, 2.75) is 25.8 Å². The van der Waals surface area contributed by atoms with Gasteiger partial charge in [0.25, 0.3) is 0 Å². The molecule has 11 heavy (non-hydrogen) atoms. The topological polar surface area (TPSA) is 24.1 Å². The van der Waals surface area contributed by atoms with Crippen molar-refractivity contribution in [1.82, 2.24) is 10.6 Å². The summed E-state index contributed by atoms with van der Waals surface area (Å²) in [5.74, 6) is 0. The summed E-state index contributed by atoms with van der Waals surface area (Å²) >= 11 is 0. The zero-order chi connectivity index (χ0) is 7.68. The molecule has 1 aliphatic heterocycles. The summed E-state index contributed by atoms with van der Waals surface area (Å²) < 4.78 is 0. The van der Waals surface area contributed by atoms with Crippen LogP contribution in [0.4, 0.5) is 0 Å². The van der Waals surface area contributed by atoms with Gasteiger partial charge in [0, 0.05) is 25.7 Å². The van der Waals surface area contributed by atoms with Crippen LogP contribution in [0, 0.1) is 0 Å². The van der Waals surface area contributed by atoms with Crippen molar-refractivity contribution in [3.63, 3.8) is 0 Å². The summed E-state index contributed by atoms with van der Waals surface area (Å²) in [6.07, 6.45) is 2.78. The van der Waals surface area contributed by atoms with Crippen LogP contribution in [0.5, 0.6) is 0 Å². The first-order chi connectivity index (χ1) is 5.36. The summed E-state index contributed by atoms with van der Waals surface area (Å²) in [5.41, 5.74) is 3.16. The zero-order valence-electron chi connectivity index (χ0n) is 7.11. The van der Waals surface area contributed by atoms with E-state index < -0.39 is 0 Å². The molecule has 2 N–H and O–H groups in total. The Kier molecular flexibility index (Phi) is 1.96. The Bertz CT molecular complexity index is 174. The minimum absolute atomic E-state index is 0.846. The Hall–Kier alpha value is -0.340. The van der Waals surface area contributed by atoms with Crippen molar-refractivity contribution >= 4 is 0 Å². The van der Waals surface area contributed by atoms with Crippen molar-refractivity contribution < 1.29 is 0 Å². The van der Waals surface area contributed by atoms with E-state index in [1.165, 1.54) is 12.8 Å². The minimum Gasteiger partial charge on any atom is -0.310 e. The average molecular weight is 152 g/mol. The van der Waals surface area contributed by atoms with Gasteiger partial charge in [-0.3, -0.25) is 0 Å². The third kappa shape index (κ3) is 1.82. The number of nitrogens with one attached hydrogen (secondary N) is 2. The van der Waals surface area contributed by atoms with Crippen molar-refractivity contribution in [3.05, 3.63) is 11.1 Å². The van der Waals surface area contributed by atoms with Gasteiger partial charge in [-0.25, -0.2) is 0 Å². The van der Waals surface area contributed by atoms with Gasteiger partial charge in [-0.2, -0.15) is 0 Å². The van der Waals surface area contributed by atoms with E-state index in [1.54, 1.807) is 11.1 Å². The van der Waals surface area contributed by atoms with E-state index in [1.807, 2.05) is 0 Å². The van der Waals surface area contributed by atoms with Crippen LogP contribution in [0.15, 0.2) is 11.1 Å². The van der Waals surface area contributed by atoms with Gasteiger partial charge in [0.05, 0.1) is 0 Å². The highest BCUT2D eigenvalue weighted by Crippen LogP contribution is 2.19. The standard InChI is InChI=1S/C9H16N2/c1-7(8-5-10-6-8)4-11-9-2-3-9/h9-11H,2-6H2,1H3. The maximum Gasteiger partial charge on any atom is 0.0183 e. The highest BCUT2D eigenvalue weighted by Gasteiger charge is 2.20. The maximum atomic E-state index is 3.52. The molecule has 0 aromatic heterocycles. The lowest BCUT2D eigenvalue weighted by Crippen LogP contribution is -2.36. The van der Waals surface area contributed by atoms with Crippen LogP contribution in [-0.4, -0.2) is 25.7 Å². The molecule has 2 aliphatic rings. The third-order valence-corrected chi connectivity index (χ3v) is 2.51. The molecule has 1 saturated carbocycles. The van der Waals surface area contributed by atoms with Gasteiger partial charge in [-0.05, 0) is 25.3 Å². The fourth-order valence-electron chi connectivity index (χ4n) is 1.26. The van der Waals surface area contributed by atoms with Crippen molar-refractivity contribution in [1.29, 1.82) is 0 Å². The van der Waals surface area contributed by atoms with Crippen LogP contribution in [0.2, 0.25) is 0 Å². The van der Waals surface area contributed by atoms with Gasteiger partial charge in [0.2, 0.25) is 0 Å². The molecule has 0 radical (unpaired) electrons. The predicted molar refractivity (Wildman–Crippen MR) is 46.6 cm³/mol. The lowest BCUT2D eigenvalue weighted by atomic mass is 10.0. The molecule has 62 valence electrons. The van der Waals surface area contributed by atoms with Crippen LogP contribution in [-0.2, 0) is 0 Å². The van der Waals surface area contributed by atoms with E-state index in [4.69, 9.17) is 0 Å². The fraction of sp³-hybridized carbons (Fsp3) is 0.778. The molecule has 2 rings (SSSR count). The SMILES string of the molecule is CC(CNC1CC1)=C1CNC1. The van der Waals surface area contributed by atoms with Gasteiger partial charge < -0.3 is 10.6 Å². The second kappa shape index (κ2) is 2.95. The molecule has 2 nitrogen and oxygen atoms in total. The Morgan fingerprint density at radius 2 is 2.27 bits per heavy atom. The summed E-state index contributed by atoms with van der Waals surface area (Å²) in [7, 11) is 0. The van der Waals surface area contributed by atoms with E-state index in [0.29, 0.717) is 0 Å². The largest absolute Gasteiger partial charge is 0.310 e. The summed E-state index contributed by atoms with van der Waals surface area (Å²) in [5, 5.41) is 6.78. The van der Waals surface area contributed by atoms with Gasteiger partial charge in [0.1, 0.15) is 0 Å². The lowest BCUT2D eigenvalue weighted by molar-refractivity contribution is 0.639. The second-order valence-corrected chi connectivity index (χ2v) is 3.64. The van der Waals surface area contributed by atoms with Crippen molar-refractivity contribution in [3.8, 4) is 0 Å². The lowest BCUT2D eigenvalue weighted by Gasteiger charge is -2.22. The fourth-order valence-corrected chi connectivity index (χ4v) is 1.26. The van der Waals surface area contributed by atoms with Gasteiger partial charge >= 0.3 is 0 Å². The molecular weight excluding hydrogens is 136 g/mol. The van der Waals surface area contributed by atoms with Crippen LogP contribution < -0.4 is 10.6 Å². The Labute approximate surface area is 68.1 Å². The first kappa shape index (κ1) is 7.32. The van der Waals surface area contributed by atoms with E-state index in [9.17, 15) is 0 Å². The molecule has 0 atom stereocenters. The highest BCUT2D eigenvalue weighted by atomic mass is 15.0. The number of hydrogen-bond acceptors (Lipinski definition) is 2. The average Bonchev–Trinajstić information content (AvgIpc) is 2.61. The van der Waals surface area contributed by atoms with Gasteiger partial charge in [-0.15, -0.1) is 0 Å². The maximum absolute atomic E-state index is 3.52. The van der Waals surface area contributed by atoms with Crippen LogP contribution >= 0.6 is 0 Å². The molecule has 1 heterocycles. The molecule has 0 aromatic carbocycles. The van der Waals surface area contributed by atoms with Crippen molar-refractivity contribution in [2.24, 2.45) is 0 Å². The monoisotopic (exact) mass is 152 g/mol. The normalized spacial score (nSPS) is 23.2. The first-order valence-electron chi connectivity index (χ1n) is 4.48. The Morgan fingerprint density at radius 1 is 1.55 bits per heavy atom. The summed E-state index contributed by atoms with van der Waals surface area (Å²) in [6, 6.07) is 0.846. The van der Waals surface area contributed by atoms with E-state index >= 15 is 0 Å². The second-order valence-electron chi connectivity index (χ2n) is 3.64. The van der Waals surface area contributed by atoms with Gasteiger partial charge in [0.15, 0.2) is 0 Å². The van der Waals surface area contributed by atoms with Crippen molar-refractivity contribution in [2.75, 3.05) is 19.6 Å². The van der Waals surface area contributed by atoms with Gasteiger partial charge in [-0.1, -0.05) is 5.57 Å². The summed E-state index contributed by atoms with van der Waals surface area (Å²) in [6.45, 7) is 5.60. The smallest absolute Gasteiger partial charge is 0.0183 e. The van der Waals surface area contributed by atoms with E-state index in [2.05, 4.69) is 17.6 Å². The predicted octanol–water partition coefficient (Wildman–Crippen LogP) is 0.658. The molecule has 0 aromatic rings. The molecule has 2 fully saturated rings.